The molecule has 2 aromatic rings. The molecule has 2 rings (SSSR count). The maximum Gasteiger partial charge on any atom is 0.265 e. The van der Waals surface area contributed by atoms with Crippen LogP contribution in [0.5, 0.6) is 17.2 Å². The van der Waals surface area contributed by atoms with Crippen molar-refractivity contribution in [1.82, 2.24) is 0 Å². The van der Waals surface area contributed by atoms with Crippen LogP contribution < -0.4 is 19.5 Å². The van der Waals surface area contributed by atoms with Gasteiger partial charge in [-0.1, -0.05) is 17.7 Å². The molecule has 0 aliphatic carbocycles. The Kier molecular flexibility index (Phi) is 5.46. The van der Waals surface area contributed by atoms with Gasteiger partial charge in [0.05, 0.1) is 19.9 Å². The molecule has 1 atom stereocenters. The number of methoxy groups -OCH3 is 2. The molecule has 1 amide bonds. The zero-order valence-electron chi connectivity index (χ0n) is 13.8. The first-order chi connectivity index (χ1) is 11.0. The molecule has 122 valence electrons. The molecule has 0 fully saturated rings. The first-order valence-corrected chi connectivity index (χ1v) is 7.29. The quantitative estimate of drug-likeness (QED) is 0.887. The number of hydrogen-bond donors (Lipinski definition) is 1. The highest BCUT2D eigenvalue weighted by Gasteiger charge is 2.17. The fourth-order valence-corrected chi connectivity index (χ4v) is 2.02. The predicted octanol–water partition coefficient (Wildman–Crippen LogP) is 3.42. The van der Waals surface area contributed by atoms with Crippen LogP contribution in [0.3, 0.4) is 0 Å². The van der Waals surface area contributed by atoms with Crippen molar-refractivity contribution in [1.29, 1.82) is 0 Å². The van der Waals surface area contributed by atoms with Gasteiger partial charge in [-0.05, 0) is 38.1 Å². The number of carbonyl (C=O) groups is 1. The largest absolute Gasteiger partial charge is 0.497 e. The Balaban J connectivity index is 2.07. The highest BCUT2D eigenvalue weighted by atomic mass is 16.5. The molecule has 0 spiro atoms. The van der Waals surface area contributed by atoms with Crippen LogP contribution in [-0.4, -0.2) is 26.2 Å². The smallest absolute Gasteiger partial charge is 0.265 e. The first-order valence-electron chi connectivity index (χ1n) is 7.29. The molecular weight excluding hydrogens is 294 g/mol. The topological polar surface area (TPSA) is 56.8 Å². The van der Waals surface area contributed by atoms with Crippen LogP contribution in [-0.2, 0) is 4.79 Å². The maximum atomic E-state index is 12.3. The van der Waals surface area contributed by atoms with Gasteiger partial charge in [-0.3, -0.25) is 4.79 Å². The van der Waals surface area contributed by atoms with Gasteiger partial charge >= 0.3 is 0 Å². The Bertz CT molecular complexity index is 667. The standard InChI is InChI=1S/C18H21NO4/c1-12-5-7-14(8-6-12)23-13(2)18(20)19-16-11-15(21-3)9-10-17(16)22-4/h5-11,13H,1-4H3,(H,19,20)/t13-/m0/s1. The van der Waals surface area contributed by atoms with E-state index in [0.717, 1.165) is 5.56 Å². The number of carbonyl (C=O) groups excluding carboxylic acids is 1. The van der Waals surface area contributed by atoms with Crippen LogP contribution in [0, 0.1) is 6.92 Å². The molecule has 0 unspecified atom stereocenters. The maximum absolute atomic E-state index is 12.3. The lowest BCUT2D eigenvalue weighted by atomic mass is 10.2. The van der Waals surface area contributed by atoms with Gasteiger partial charge in [0, 0.05) is 6.07 Å². The summed E-state index contributed by atoms with van der Waals surface area (Å²) in [5.41, 5.74) is 1.67. The number of rotatable bonds is 6. The minimum absolute atomic E-state index is 0.267. The summed E-state index contributed by atoms with van der Waals surface area (Å²) in [6.07, 6.45) is -0.645. The van der Waals surface area contributed by atoms with Crippen LogP contribution in [0.4, 0.5) is 5.69 Å². The zero-order chi connectivity index (χ0) is 16.8. The van der Waals surface area contributed by atoms with Gasteiger partial charge in [0.1, 0.15) is 17.2 Å². The van der Waals surface area contributed by atoms with Gasteiger partial charge in [0.2, 0.25) is 0 Å². The lowest BCUT2D eigenvalue weighted by Crippen LogP contribution is -2.30. The summed E-state index contributed by atoms with van der Waals surface area (Å²) in [6.45, 7) is 3.69. The second-order valence-corrected chi connectivity index (χ2v) is 5.13. The van der Waals surface area contributed by atoms with Gasteiger partial charge in [0.25, 0.3) is 5.91 Å². The number of amides is 1. The number of nitrogens with one attached hydrogen (secondary N) is 1. The molecule has 0 aromatic heterocycles. The van der Waals surface area contributed by atoms with E-state index in [4.69, 9.17) is 14.2 Å². The van der Waals surface area contributed by atoms with E-state index < -0.39 is 6.10 Å². The highest BCUT2D eigenvalue weighted by Crippen LogP contribution is 2.29. The summed E-state index contributed by atoms with van der Waals surface area (Å²) in [4.78, 5) is 12.3. The molecule has 0 saturated carbocycles. The van der Waals surface area contributed by atoms with Gasteiger partial charge in [0.15, 0.2) is 6.10 Å². The Morgan fingerprint density at radius 2 is 1.65 bits per heavy atom. The van der Waals surface area contributed by atoms with E-state index in [9.17, 15) is 4.79 Å². The SMILES string of the molecule is COc1ccc(OC)c(NC(=O)[C@H](C)Oc2ccc(C)cc2)c1. The molecule has 5 nitrogen and oxygen atoms in total. The van der Waals surface area contributed by atoms with E-state index in [-0.39, 0.29) is 5.91 Å². The summed E-state index contributed by atoms with van der Waals surface area (Å²) < 4.78 is 16.1. The van der Waals surface area contributed by atoms with Crippen molar-refractivity contribution in [2.45, 2.75) is 20.0 Å². The van der Waals surface area contributed by atoms with Crippen molar-refractivity contribution in [3.05, 3.63) is 48.0 Å². The third-order valence-electron chi connectivity index (χ3n) is 3.37. The molecule has 0 saturated heterocycles. The Morgan fingerprint density at radius 1 is 1.00 bits per heavy atom. The third-order valence-corrected chi connectivity index (χ3v) is 3.37. The van der Waals surface area contributed by atoms with Gasteiger partial charge in [-0.15, -0.1) is 0 Å². The van der Waals surface area contributed by atoms with E-state index in [1.165, 1.54) is 0 Å². The summed E-state index contributed by atoms with van der Waals surface area (Å²) in [7, 11) is 3.11. The molecule has 1 N–H and O–H groups in total. The normalized spacial score (nSPS) is 11.5. The predicted molar refractivity (Wildman–Crippen MR) is 89.4 cm³/mol. The Morgan fingerprint density at radius 3 is 2.26 bits per heavy atom. The van der Waals surface area contributed by atoms with Crippen molar-refractivity contribution in [3.8, 4) is 17.2 Å². The average Bonchev–Trinajstić information content (AvgIpc) is 2.56. The lowest BCUT2D eigenvalue weighted by molar-refractivity contribution is -0.122. The fraction of sp³-hybridized carbons (Fsp3) is 0.278. The molecule has 0 aliphatic rings. The van der Waals surface area contributed by atoms with E-state index in [1.54, 1.807) is 39.3 Å². The van der Waals surface area contributed by atoms with Gasteiger partial charge in [-0.25, -0.2) is 0 Å². The van der Waals surface area contributed by atoms with Crippen LogP contribution in [0.15, 0.2) is 42.5 Å². The molecule has 5 heteroatoms. The highest BCUT2D eigenvalue weighted by molar-refractivity contribution is 5.95. The summed E-state index contributed by atoms with van der Waals surface area (Å²) in [6, 6.07) is 12.8. The molecule has 0 bridgehead atoms. The number of anilines is 1. The minimum Gasteiger partial charge on any atom is -0.497 e. The second kappa shape index (κ2) is 7.54. The fourth-order valence-electron chi connectivity index (χ4n) is 2.02. The summed E-state index contributed by atoms with van der Waals surface area (Å²) in [5, 5.41) is 2.80. The lowest BCUT2D eigenvalue weighted by Gasteiger charge is -2.16. The van der Waals surface area contributed by atoms with Crippen LogP contribution in [0.2, 0.25) is 0 Å². The van der Waals surface area contributed by atoms with Crippen molar-refractivity contribution < 1.29 is 19.0 Å². The Hall–Kier alpha value is -2.69. The third kappa shape index (κ3) is 4.39. The van der Waals surface area contributed by atoms with Crippen LogP contribution in [0.1, 0.15) is 12.5 Å². The molecule has 23 heavy (non-hydrogen) atoms. The van der Waals surface area contributed by atoms with Gasteiger partial charge in [-0.2, -0.15) is 0 Å². The molecule has 0 heterocycles. The monoisotopic (exact) mass is 315 g/mol. The molecule has 0 radical (unpaired) electrons. The van der Waals surface area contributed by atoms with Crippen molar-refractivity contribution in [3.63, 3.8) is 0 Å². The zero-order valence-corrected chi connectivity index (χ0v) is 13.8. The number of ether oxygens (including phenoxy) is 3. The van der Waals surface area contributed by atoms with Crippen molar-refractivity contribution in [2.24, 2.45) is 0 Å². The summed E-state index contributed by atoms with van der Waals surface area (Å²) in [5.74, 6) is 1.57. The first kappa shape index (κ1) is 16.7. The molecule has 0 aliphatic heterocycles. The number of aryl methyl sites for hydroxylation is 1. The average molecular weight is 315 g/mol. The van der Waals surface area contributed by atoms with Crippen LogP contribution in [0.25, 0.3) is 0 Å². The van der Waals surface area contributed by atoms with Gasteiger partial charge < -0.3 is 19.5 Å². The van der Waals surface area contributed by atoms with E-state index in [0.29, 0.717) is 22.9 Å². The molecular formula is C18H21NO4. The van der Waals surface area contributed by atoms with E-state index in [2.05, 4.69) is 5.32 Å². The van der Waals surface area contributed by atoms with Crippen molar-refractivity contribution >= 4 is 11.6 Å². The van der Waals surface area contributed by atoms with Crippen molar-refractivity contribution in [2.75, 3.05) is 19.5 Å². The summed E-state index contributed by atoms with van der Waals surface area (Å²) >= 11 is 0. The van der Waals surface area contributed by atoms with E-state index >= 15 is 0 Å². The number of benzene rings is 2. The van der Waals surface area contributed by atoms with Crippen LogP contribution >= 0.6 is 0 Å². The molecule has 2 aromatic carbocycles. The second-order valence-electron chi connectivity index (χ2n) is 5.13. The Labute approximate surface area is 136 Å². The minimum atomic E-state index is -0.645. The number of hydrogen-bond acceptors (Lipinski definition) is 4. The van der Waals surface area contributed by atoms with E-state index in [1.807, 2.05) is 31.2 Å².